The van der Waals surface area contributed by atoms with E-state index in [4.69, 9.17) is 4.74 Å². The number of likely N-dealkylation sites (tertiary alicyclic amines) is 1. The average molecular weight is 371 g/mol. The molecule has 1 aromatic rings. The molecule has 27 heavy (non-hydrogen) atoms. The Balaban J connectivity index is 1.51. The molecule has 0 aliphatic carbocycles. The van der Waals surface area contributed by atoms with Crippen LogP contribution in [0.25, 0.3) is 0 Å². The van der Waals surface area contributed by atoms with Gasteiger partial charge in [-0.25, -0.2) is 0 Å². The van der Waals surface area contributed by atoms with Crippen molar-refractivity contribution in [3.63, 3.8) is 0 Å². The number of nitrogens with zero attached hydrogens (tertiary/aromatic N) is 3. The molecule has 0 aromatic heterocycles. The quantitative estimate of drug-likeness (QED) is 0.803. The number of morpholine rings is 1. The Bertz CT molecular complexity index is 744. The molecule has 0 bridgehead atoms. The number of benzene rings is 1. The van der Waals surface area contributed by atoms with Crippen molar-refractivity contribution in [3.8, 4) is 0 Å². The molecule has 3 aliphatic rings. The minimum Gasteiger partial charge on any atom is -0.378 e. The highest BCUT2D eigenvalue weighted by Gasteiger charge is 2.37. The molecule has 3 heterocycles. The van der Waals surface area contributed by atoms with Crippen LogP contribution in [0.1, 0.15) is 36.0 Å². The lowest BCUT2D eigenvalue weighted by atomic mass is 10.1. The topological polar surface area (TPSA) is 70.2 Å². The third-order valence-corrected chi connectivity index (χ3v) is 5.60. The minimum absolute atomic E-state index is 0.0232. The predicted molar refractivity (Wildman–Crippen MR) is 99.5 cm³/mol. The molecule has 144 valence electrons. The van der Waals surface area contributed by atoms with Crippen molar-refractivity contribution >= 4 is 23.4 Å². The van der Waals surface area contributed by atoms with Crippen LogP contribution in [-0.4, -0.2) is 73.0 Å². The van der Waals surface area contributed by atoms with E-state index in [1.807, 2.05) is 12.1 Å². The maximum Gasteiger partial charge on any atom is 0.254 e. The van der Waals surface area contributed by atoms with Crippen molar-refractivity contribution in [2.45, 2.75) is 31.7 Å². The molecular weight excluding hydrogens is 346 g/mol. The van der Waals surface area contributed by atoms with Gasteiger partial charge in [-0.3, -0.25) is 14.4 Å². The number of carbonyl (C=O) groups excluding carboxylic acids is 3. The first-order valence-corrected chi connectivity index (χ1v) is 9.73. The molecule has 1 atom stereocenters. The molecule has 3 fully saturated rings. The summed E-state index contributed by atoms with van der Waals surface area (Å²) >= 11 is 0. The zero-order valence-corrected chi connectivity index (χ0v) is 15.4. The Kier molecular flexibility index (Phi) is 5.11. The van der Waals surface area contributed by atoms with Crippen LogP contribution in [0.2, 0.25) is 0 Å². The first kappa shape index (κ1) is 18.0. The second-order valence-corrected chi connectivity index (χ2v) is 7.29. The molecule has 3 saturated heterocycles. The zero-order valence-electron chi connectivity index (χ0n) is 15.4. The van der Waals surface area contributed by atoms with Crippen LogP contribution in [0.15, 0.2) is 24.3 Å². The molecule has 3 amide bonds. The van der Waals surface area contributed by atoms with Gasteiger partial charge in [0.1, 0.15) is 6.04 Å². The Hall–Kier alpha value is -2.41. The van der Waals surface area contributed by atoms with E-state index in [2.05, 4.69) is 0 Å². The van der Waals surface area contributed by atoms with Crippen molar-refractivity contribution < 1.29 is 19.1 Å². The number of rotatable bonds is 3. The van der Waals surface area contributed by atoms with E-state index in [1.54, 1.807) is 26.8 Å². The van der Waals surface area contributed by atoms with Gasteiger partial charge in [-0.05, 0) is 37.5 Å². The van der Waals surface area contributed by atoms with E-state index in [-0.39, 0.29) is 17.7 Å². The van der Waals surface area contributed by atoms with Crippen LogP contribution in [0.3, 0.4) is 0 Å². The summed E-state index contributed by atoms with van der Waals surface area (Å²) in [6.45, 7) is 3.56. The number of carbonyl (C=O) groups is 3. The van der Waals surface area contributed by atoms with Crippen LogP contribution in [0.4, 0.5) is 5.69 Å². The van der Waals surface area contributed by atoms with Crippen LogP contribution in [0.5, 0.6) is 0 Å². The summed E-state index contributed by atoms with van der Waals surface area (Å²) < 4.78 is 5.32. The van der Waals surface area contributed by atoms with Crippen LogP contribution >= 0.6 is 0 Å². The first-order chi connectivity index (χ1) is 13.1. The van der Waals surface area contributed by atoms with Gasteiger partial charge in [0.05, 0.1) is 13.2 Å². The van der Waals surface area contributed by atoms with Gasteiger partial charge >= 0.3 is 0 Å². The highest BCUT2D eigenvalue weighted by Crippen LogP contribution is 2.26. The van der Waals surface area contributed by atoms with Crippen molar-refractivity contribution in [1.29, 1.82) is 0 Å². The smallest absolute Gasteiger partial charge is 0.254 e. The number of amides is 3. The van der Waals surface area contributed by atoms with E-state index in [9.17, 15) is 14.4 Å². The molecule has 3 aliphatic heterocycles. The lowest BCUT2D eigenvalue weighted by Crippen LogP contribution is -2.51. The number of anilines is 1. The Morgan fingerprint density at radius 3 is 2.59 bits per heavy atom. The van der Waals surface area contributed by atoms with Gasteiger partial charge < -0.3 is 19.4 Å². The maximum atomic E-state index is 13.1. The SMILES string of the molecule is O=C([C@@H]1CCCN1C(=O)c1cccc(N2CCCC2=O)c1)N1CCOCC1. The molecule has 0 radical (unpaired) electrons. The van der Waals surface area contributed by atoms with E-state index < -0.39 is 6.04 Å². The first-order valence-electron chi connectivity index (χ1n) is 9.73. The van der Waals surface area contributed by atoms with E-state index in [0.29, 0.717) is 57.8 Å². The Labute approximate surface area is 158 Å². The molecule has 0 spiro atoms. The van der Waals surface area contributed by atoms with Crippen LogP contribution < -0.4 is 4.90 Å². The third kappa shape index (κ3) is 3.56. The second kappa shape index (κ2) is 7.68. The molecule has 4 rings (SSSR count). The van der Waals surface area contributed by atoms with Gasteiger partial charge in [-0.1, -0.05) is 6.07 Å². The lowest BCUT2D eigenvalue weighted by Gasteiger charge is -2.32. The highest BCUT2D eigenvalue weighted by molar-refractivity contribution is 6.00. The lowest BCUT2D eigenvalue weighted by molar-refractivity contribution is -0.139. The van der Waals surface area contributed by atoms with E-state index in [0.717, 1.165) is 18.5 Å². The standard InChI is InChI=1S/C20H25N3O4/c24-18-7-3-8-22(18)16-5-1-4-15(14-16)19(25)23-9-2-6-17(23)20(26)21-10-12-27-13-11-21/h1,4-5,14,17H,2-3,6-13H2/t17-/m0/s1. The van der Waals surface area contributed by atoms with Gasteiger partial charge in [0.2, 0.25) is 11.8 Å². The van der Waals surface area contributed by atoms with Crippen LogP contribution in [0, 0.1) is 0 Å². The molecule has 0 saturated carbocycles. The normalized spacial score (nSPS) is 23.2. The van der Waals surface area contributed by atoms with Crippen molar-refractivity contribution in [1.82, 2.24) is 9.80 Å². The number of ether oxygens (including phenoxy) is 1. The molecular formula is C20H25N3O4. The molecule has 0 N–H and O–H groups in total. The molecule has 1 aromatic carbocycles. The summed E-state index contributed by atoms with van der Waals surface area (Å²) in [6, 6.07) is 6.82. The molecule has 0 unspecified atom stereocenters. The van der Waals surface area contributed by atoms with E-state index in [1.165, 1.54) is 0 Å². The monoisotopic (exact) mass is 371 g/mol. The fourth-order valence-electron chi connectivity index (χ4n) is 4.15. The number of hydrogen-bond acceptors (Lipinski definition) is 4. The fourth-order valence-corrected chi connectivity index (χ4v) is 4.15. The average Bonchev–Trinajstić information content (AvgIpc) is 3.36. The maximum absolute atomic E-state index is 13.1. The van der Waals surface area contributed by atoms with Gasteiger partial charge in [0.15, 0.2) is 0 Å². The molecule has 7 nitrogen and oxygen atoms in total. The van der Waals surface area contributed by atoms with Crippen LogP contribution in [-0.2, 0) is 14.3 Å². The highest BCUT2D eigenvalue weighted by atomic mass is 16.5. The summed E-state index contributed by atoms with van der Waals surface area (Å²) in [5.41, 5.74) is 1.30. The van der Waals surface area contributed by atoms with Gasteiger partial charge in [0, 0.05) is 43.9 Å². The summed E-state index contributed by atoms with van der Waals surface area (Å²) in [4.78, 5) is 43.2. The predicted octanol–water partition coefficient (Wildman–Crippen LogP) is 1.28. The fraction of sp³-hybridized carbons (Fsp3) is 0.550. The van der Waals surface area contributed by atoms with Crippen molar-refractivity contribution in [2.24, 2.45) is 0 Å². The second-order valence-electron chi connectivity index (χ2n) is 7.29. The summed E-state index contributed by atoms with van der Waals surface area (Å²) in [5.74, 6) is -0.0104. The van der Waals surface area contributed by atoms with Crippen molar-refractivity contribution in [3.05, 3.63) is 29.8 Å². The Morgan fingerprint density at radius 1 is 1.04 bits per heavy atom. The third-order valence-electron chi connectivity index (χ3n) is 5.60. The Morgan fingerprint density at radius 2 is 1.85 bits per heavy atom. The largest absolute Gasteiger partial charge is 0.378 e. The number of hydrogen-bond donors (Lipinski definition) is 0. The van der Waals surface area contributed by atoms with Gasteiger partial charge in [-0.15, -0.1) is 0 Å². The molecule has 7 heteroatoms. The van der Waals surface area contributed by atoms with Gasteiger partial charge in [0.25, 0.3) is 5.91 Å². The summed E-state index contributed by atoms with van der Waals surface area (Å²) in [7, 11) is 0. The zero-order chi connectivity index (χ0) is 18.8. The summed E-state index contributed by atoms with van der Waals surface area (Å²) in [6.07, 6.45) is 2.93. The van der Waals surface area contributed by atoms with Crippen molar-refractivity contribution in [2.75, 3.05) is 44.3 Å². The minimum atomic E-state index is -0.396. The van der Waals surface area contributed by atoms with Gasteiger partial charge in [-0.2, -0.15) is 0 Å². The summed E-state index contributed by atoms with van der Waals surface area (Å²) in [5, 5.41) is 0. The van der Waals surface area contributed by atoms with E-state index >= 15 is 0 Å².